The number of nitrogens with one attached hydrogen (secondary N) is 3. The van der Waals surface area contributed by atoms with Crippen molar-refractivity contribution in [1.82, 2.24) is 15.0 Å². The highest BCUT2D eigenvalue weighted by molar-refractivity contribution is 9.10. The Morgan fingerprint density at radius 1 is 0.698 bits per heavy atom. The van der Waals surface area contributed by atoms with E-state index in [1.54, 1.807) is 29.6 Å². The fourth-order valence-corrected chi connectivity index (χ4v) is 9.18. The van der Waals surface area contributed by atoms with Crippen molar-refractivity contribution in [2.24, 2.45) is 0 Å². The number of hydrogen-bond acceptors (Lipinski definition) is 3. The number of aryl methyl sites for hydroxylation is 2. The standard InChI is InChI=1S/C35H29Br2N3OS2/c1-17-5-8-27(38-17)33(25-15-42-30-11-6-21(36)13-23(25)30)28-9-10-29(40-28)34(35-18(2)32(20(4)41)19(3)39-35)26-16-43-31-12-7-22(37)14-24(26)31/h5-16,33-34,38-40H,1-4H3. The number of rotatable bonds is 7. The molecule has 0 spiro atoms. The first-order chi connectivity index (χ1) is 20.7. The summed E-state index contributed by atoms with van der Waals surface area (Å²) in [6.45, 7) is 7.81. The Morgan fingerprint density at radius 3 is 1.77 bits per heavy atom. The minimum atomic E-state index is -0.108. The molecule has 43 heavy (non-hydrogen) atoms. The quantitative estimate of drug-likeness (QED) is 0.140. The van der Waals surface area contributed by atoms with Gasteiger partial charge < -0.3 is 15.0 Å². The lowest BCUT2D eigenvalue weighted by Gasteiger charge is -2.18. The van der Waals surface area contributed by atoms with E-state index in [0.29, 0.717) is 0 Å². The van der Waals surface area contributed by atoms with Gasteiger partial charge in [0.25, 0.3) is 0 Å². The van der Waals surface area contributed by atoms with E-state index in [0.717, 1.165) is 54.2 Å². The summed E-state index contributed by atoms with van der Waals surface area (Å²) in [6.07, 6.45) is 0. The first-order valence-corrected chi connectivity index (χ1v) is 17.4. The Labute approximate surface area is 274 Å². The molecule has 0 saturated heterocycles. The van der Waals surface area contributed by atoms with Gasteiger partial charge in [-0.2, -0.15) is 0 Å². The summed E-state index contributed by atoms with van der Waals surface area (Å²) in [7, 11) is 0. The number of benzene rings is 2. The number of fused-ring (bicyclic) bond motifs is 2. The summed E-state index contributed by atoms with van der Waals surface area (Å²) in [6, 6.07) is 21.8. The van der Waals surface area contributed by atoms with E-state index in [2.05, 4.69) is 132 Å². The maximum absolute atomic E-state index is 12.7. The van der Waals surface area contributed by atoms with Gasteiger partial charge in [0.05, 0.1) is 11.8 Å². The molecule has 2 unspecified atom stereocenters. The van der Waals surface area contributed by atoms with Crippen LogP contribution in [0.3, 0.4) is 0 Å². The molecule has 2 atom stereocenters. The van der Waals surface area contributed by atoms with Gasteiger partial charge in [0.15, 0.2) is 5.78 Å². The molecule has 0 aliphatic carbocycles. The molecule has 0 aliphatic rings. The van der Waals surface area contributed by atoms with Crippen molar-refractivity contribution in [3.05, 3.63) is 137 Å². The Balaban J connectivity index is 1.44. The lowest BCUT2D eigenvalue weighted by molar-refractivity contribution is 0.101. The van der Waals surface area contributed by atoms with Gasteiger partial charge in [0.2, 0.25) is 0 Å². The van der Waals surface area contributed by atoms with Crippen LogP contribution in [-0.2, 0) is 0 Å². The van der Waals surface area contributed by atoms with Gasteiger partial charge in [-0.1, -0.05) is 31.9 Å². The number of halogens is 2. The third-order valence-electron chi connectivity index (χ3n) is 8.39. The zero-order valence-corrected chi connectivity index (χ0v) is 28.9. The molecule has 0 radical (unpaired) electrons. The molecular formula is C35H29Br2N3OS2. The number of H-pyrrole nitrogens is 3. The summed E-state index contributed by atoms with van der Waals surface area (Å²) >= 11 is 10.9. The van der Waals surface area contributed by atoms with Crippen LogP contribution in [0.2, 0.25) is 0 Å². The molecule has 5 aromatic heterocycles. The summed E-state index contributed by atoms with van der Waals surface area (Å²) < 4.78 is 4.62. The van der Waals surface area contributed by atoms with E-state index in [9.17, 15) is 4.79 Å². The fraction of sp³-hybridized carbons (Fsp3) is 0.171. The van der Waals surface area contributed by atoms with Crippen LogP contribution in [0.25, 0.3) is 20.2 Å². The van der Waals surface area contributed by atoms with Crippen molar-refractivity contribution in [2.75, 3.05) is 0 Å². The minimum Gasteiger partial charge on any atom is -0.362 e. The molecule has 0 saturated carbocycles. The van der Waals surface area contributed by atoms with Crippen molar-refractivity contribution < 1.29 is 4.79 Å². The number of thiophene rings is 2. The van der Waals surface area contributed by atoms with Crippen molar-refractivity contribution in [2.45, 2.75) is 39.5 Å². The highest BCUT2D eigenvalue weighted by Crippen LogP contribution is 2.44. The smallest absolute Gasteiger partial charge is 0.161 e. The number of ketones is 1. The van der Waals surface area contributed by atoms with Crippen LogP contribution >= 0.6 is 54.5 Å². The van der Waals surface area contributed by atoms with Crippen LogP contribution in [0.1, 0.15) is 80.0 Å². The molecule has 3 N–H and O–H groups in total. The van der Waals surface area contributed by atoms with Gasteiger partial charge in [-0.15, -0.1) is 22.7 Å². The molecular weight excluding hydrogens is 702 g/mol. The molecule has 216 valence electrons. The SMILES string of the molecule is CC(=O)c1c(C)[nH]c(C(c2ccc(C(c3ccc(C)[nH]3)c3csc4ccc(Br)cc34)[nH]2)c2csc3ccc(Br)cc23)c1C. The summed E-state index contributed by atoms with van der Waals surface area (Å²) in [5.74, 6) is -0.0271. The third kappa shape index (κ3) is 4.98. The summed E-state index contributed by atoms with van der Waals surface area (Å²) in [4.78, 5) is 23.8. The van der Waals surface area contributed by atoms with Gasteiger partial charge in [-0.3, -0.25) is 4.79 Å². The molecule has 7 aromatic rings. The van der Waals surface area contributed by atoms with Gasteiger partial charge >= 0.3 is 0 Å². The first-order valence-electron chi connectivity index (χ1n) is 14.1. The second-order valence-electron chi connectivity index (χ2n) is 11.2. The van der Waals surface area contributed by atoms with E-state index in [1.807, 2.05) is 6.92 Å². The first kappa shape index (κ1) is 28.6. The van der Waals surface area contributed by atoms with E-state index in [4.69, 9.17) is 0 Å². The highest BCUT2D eigenvalue weighted by Gasteiger charge is 2.30. The molecule has 0 bridgehead atoms. The second-order valence-corrected chi connectivity index (χ2v) is 14.9. The van der Waals surface area contributed by atoms with Crippen molar-refractivity contribution in [3.8, 4) is 0 Å². The highest BCUT2D eigenvalue weighted by atomic mass is 79.9. The predicted molar refractivity (Wildman–Crippen MR) is 188 cm³/mol. The van der Waals surface area contributed by atoms with Crippen LogP contribution in [0.15, 0.2) is 80.4 Å². The molecule has 0 fully saturated rings. The molecule has 5 heterocycles. The van der Waals surface area contributed by atoms with Crippen molar-refractivity contribution in [1.29, 1.82) is 0 Å². The van der Waals surface area contributed by atoms with Crippen LogP contribution in [-0.4, -0.2) is 20.7 Å². The number of hydrogen-bond donors (Lipinski definition) is 3. The Morgan fingerprint density at radius 2 is 1.23 bits per heavy atom. The Bertz CT molecular complexity index is 2160. The Hall–Kier alpha value is -3.17. The van der Waals surface area contributed by atoms with Gasteiger partial charge in [0, 0.05) is 58.1 Å². The van der Waals surface area contributed by atoms with Crippen LogP contribution < -0.4 is 0 Å². The molecule has 0 amide bonds. The number of aromatic nitrogens is 3. The van der Waals surface area contributed by atoms with E-state index in [-0.39, 0.29) is 17.6 Å². The van der Waals surface area contributed by atoms with E-state index < -0.39 is 0 Å². The minimum absolute atomic E-state index is 0.00114. The summed E-state index contributed by atoms with van der Waals surface area (Å²) in [5, 5.41) is 7.01. The van der Waals surface area contributed by atoms with Crippen LogP contribution in [0, 0.1) is 20.8 Å². The maximum atomic E-state index is 12.7. The van der Waals surface area contributed by atoms with Gasteiger partial charge in [-0.25, -0.2) is 0 Å². The largest absolute Gasteiger partial charge is 0.362 e. The number of Topliss-reactive ketones (excluding diaryl/α,β-unsaturated/α-hetero) is 1. The van der Waals surface area contributed by atoms with Gasteiger partial charge in [0.1, 0.15) is 0 Å². The lowest BCUT2D eigenvalue weighted by Crippen LogP contribution is -2.08. The molecule has 2 aromatic carbocycles. The normalized spacial score (nSPS) is 13.3. The summed E-state index contributed by atoms with van der Waals surface area (Å²) in [5.41, 5.74) is 10.7. The number of carbonyl (C=O) groups excluding carboxylic acids is 1. The van der Waals surface area contributed by atoms with E-state index in [1.165, 1.54) is 31.3 Å². The third-order valence-corrected chi connectivity index (χ3v) is 11.3. The zero-order chi connectivity index (χ0) is 30.0. The zero-order valence-electron chi connectivity index (χ0n) is 24.1. The fourth-order valence-electron chi connectivity index (χ4n) is 6.52. The molecule has 0 aliphatic heterocycles. The average Bonchev–Trinajstić information content (AvgIpc) is 3.79. The average molecular weight is 732 g/mol. The monoisotopic (exact) mass is 729 g/mol. The van der Waals surface area contributed by atoms with Crippen molar-refractivity contribution >= 4 is 80.5 Å². The Kier molecular flexibility index (Phi) is 7.37. The van der Waals surface area contributed by atoms with Crippen LogP contribution in [0.5, 0.6) is 0 Å². The maximum Gasteiger partial charge on any atom is 0.161 e. The van der Waals surface area contributed by atoms with Gasteiger partial charge in [-0.05, 0) is 127 Å². The van der Waals surface area contributed by atoms with Crippen molar-refractivity contribution in [3.63, 3.8) is 0 Å². The number of aromatic amines is 3. The lowest BCUT2D eigenvalue weighted by atomic mass is 9.89. The molecule has 8 heteroatoms. The topological polar surface area (TPSA) is 64.4 Å². The second kappa shape index (κ2) is 11.1. The molecule has 7 rings (SSSR count). The predicted octanol–water partition coefficient (Wildman–Crippen LogP) is 11.1. The van der Waals surface area contributed by atoms with E-state index >= 15 is 0 Å². The van der Waals surface area contributed by atoms with Crippen LogP contribution in [0.4, 0.5) is 0 Å². The molecule has 4 nitrogen and oxygen atoms in total. The number of carbonyl (C=O) groups is 1.